The van der Waals surface area contributed by atoms with E-state index in [0.717, 1.165) is 18.2 Å². The zero-order valence-corrected chi connectivity index (χ0v) is 11.3. The Morgan fingerprint density at radius 3 is 2.25 bits per heavy atom. The highest BCUT2D eigenvalue weighted by Crippen LogP contribution is 2.19. The molecule has 1 rings (SSSR count). The van der Waals surface area contributed by atoms with Gasteiger partial charge in [0.2, 0.25) is 0 Å². The summed E-state index contributed by atoms with van der Waals surface area (Å²) in [7, 11) is 0. The minimum Gasteiger partial charge on any atom is -0.369 e. The van der Waals surface area contributed by atoms with Crippen LogP contribution in [0.3, 0.4) is 0 Å². The van der Waals surface area contributed by atoms with Crippen LogP contribution in [0, 0.1) is 5.41 Å². The highest BCUT2D eigenvalue weighted by molar-refractivity contribution is 5.34. The topological polar surface area (TPSA) is 37.8 Å². The van der Waals surface area contributed by atoms with Crippen LogP contribution in [-0.4, -0.2) is 16.5 Å². The number of nitrogens with zero attached hydrogens (tertiary/aromatic N) is 2. The zero-order valence-electron chi connectivity index (χ0n) is 11.3. The van der Waals surface area contributed by atoms with Crippen molar-refractivity contribution in [1.29, 1.82) is 0 Å². The molecule has 0 atom stereocenters. The Balaban J connectivity index is 2.76. The van der Waals surface area contributed by atoms with Gasteiger partial charge in [-0.3, -0.25) is 0 Å². The van der Waals surface area contributed by atoms with E-state index in [9.17, 15) is 0 Å². The summed E-state index contributed by atoms with van der Waals surface area (Å²) in [5, 5.41) is 3.35. The fourth-order valence-electron chi connectivity index (χ4n) is 1.17. The Labute approximate surface area is 98.7 Å². The Hall–Kier alpha value is -1.12. The van der Waals surface area contributed by atoms with Gasteiger partial charge in [0.05, 0.1) is 0 Å². The molecule has 3 nitrogen and oxygen atoms in total. The van der Waals surface area contributed by atoms with Crippen molar-refractivity contribution in [2.24, 2.45) is 5.41 Å². The van der Waals surface area contributed by atoms with Crippen molar-refractivity contribution in [2.45, 2.75) is 47.0 Å². The molecular formula is C13H23N3. The van der Waals surface area contributed by atoms with Crippen LogP contribution in [0.25, 0.3) is 0 Å². The smallest absolute Gasteiger partial charge is 0.135 e. The summed E-state index contributed by atoms with van der Waals surface area (Å²) >= 11 is 0. The predicted molar refractivity (Wildman–Crippen MR) is 68.7 cm³/mol. The molecule has 3 heteroatoms. The lowest BCUT2D eigenvalue weighted by Crippen LogP contribution is -2.21. The maximum absolute atomic E-state index is 4.52. The fraction of sp³-hybridized carbons (Fsp3) is 0.692. The zero-order chi connectivity index (χ0) is 12.4. The van der Waals surface area contributed by atoms with Crippen molar-refractivity contribution in [3.8, 4) is 0 Å². The normalized spacial score (nSPS) is 12.6. The Bertz CT molecular complexity index is 345. The monoisotopic (exact) mass is 221 g/mol. The first-order valence-corrected chi connectivity index (χ1v) is 5.76. The third-order valence-corrected chi connectivity index (χ3v) is 2.13. The SMILES string of the molecule is CC(C)(C)CNc1ccnc(C(C)(C)C)n1. The molecule has 0 unspecified atom stereocenters. The van der Waals surface area contributed by atoms with Crippen molar-refractivity contribution < 1.29 is 0 Å². The molecule has 16 heavy (non-hydrogen) atoms. The number of hydrogen-bond acceptors (Lipinski definition) is 3. The van der Waals surface area contributed by atoms with E-state index in [1.54, 1.807) is 0 Å². The van der Waals surface area contributed by atoms with Crippen LogP contribution in [0.4, 0.5) is 5.82 Å². The van der Waals surface area contributed by atoms with E-state index < -0.39 is 0 Å². The van der Waals surface area contributed by atoms with Crippen LogP contribution in [-0.2, 0) is 5.41 Å². The molecule has 1 N–H and O–H groups in total. The molecule has 0 radical (unpaired) electrons. The molecule has 1 heterocycles. The van der Waals surface area contributed by atoms with Crippen molar-refractivity contribution >= 4 is 5.82 Å². The molecule has 0 spiro atoms. The summed E-state index contributed by atoms with van der Waals surface area (Å²) in [4.78, 5) is 8.83. The van der Waals surface area contributed by atoms with E-state index in [4.69, 9.17) is 0 Å². The van der Waals surface area contributed by atoms with Gasteiger partial charge >= 0.3 is 0 Å². The lowest BCUT2D eigenvalue weighted by atomic mass is 9.95. The van der Waals surface area contributed by atoms with Crippen LogP contribution in [0.5, 0.6) is 0 Å². The van der Waals surface area contributed by atoms with Gasteiger partial charge in [-0.1, -0.05) is 41.5 Å². The molecule has 0 aliphatic rings. The third-order valence-electron chi connectivity index (χ3n) is 2.13. The summed E-state index contributed by atoms with van der Waals surface area (Å²) in [6, 6.07) is 1.92. The number of nitrogens with one attached hydrogen (secondary N) is 1. The van der Waals surface area contributed by atoms with E-state index in [-0.39, 0.29) is 10.8 Å². The molecule has 0 bridgehead atoms. The third kappa shape index (κ3) is 4.17. The molecule has 0 saturated carbocycles. The average molecular weight is 221 g/mol. The van der Waals surface area contributed by atoms with Gasteiger partial charge in [0.25, 0.3) is 0 Å². The van der Waals surface area contributed by atoms with Gasteiger partial charge in [-0.25, -0.2) is 9.97 Å². The molecule has 1 aromatic rings. The largest absolute Gasteiger partial charge is 0.369 e. The van der Waals surface area contributed by atoms with Crippen LogP contribution >= 0.6 is 0 Å². The van der Waals surface area contributed by atoms with Crippen molar-refractivity contribution in [3.05, 3.63) is 18.1 Å². The standard InChI is InChI=1S/C13H23N3/c1-12(2,3)9-15-10-7-8-14-11(16-10)13(4,5)6/h7-8H,9H2,1-6H3,(H,14,15,16). The van der Waals surface area contributed by atoms with Crippen molar-refractivity contribution in [3.63, 3.8) is 0 Å². The second-order valence-corrected chi connectivity index (χ2v) is 6.43. The van der Waals surface area contributed by atoms with Crippen molar-refractivity contribution in [1.82, 2.24) is 9.97 Å². The van der Waals surface area contributed by atoms with Gasteiger partial charge in [0.15, 0.2) is 0 Å². The molecule has 0 aromatic carbocycles. The summed E-state index contributed by atoms with van der Waals surface area (Å²) < 4.78 is 0. The van der Waals surface area contributed by atoms with Crippen molar-refractivity contribution in [2.75, 3.05) is 11.9 Å². The molecule has 0 aliphatic heterocycles. The minimum atomic E-state index is -0.000573. The number of hydrogen-bond donors (Lipinski definition) is 1. The highest BCUT2D eigenvalue weighted by atomic mass is 15.0. The van der Waals surface area contributed by atoms with Gasteiger partial charge in [0, 0.05) is 18.2 Å². The molecule has 90 valence electrons. The molecule has 0 saturated heterocycles. The summed E-state index contributed by atoms with van der Waals surface area (Å²) in [6.45, 7) is 13.9. The van der Waals surface area contributed by atoms with Gasteiger partial charge < -0.3 is 5.32 Å². The first kappa shape index (κ1) is 12.9. The van der Waals surface area contributed by atoms with E-state index in [1.807, 2.05) is 12.3 Å². The number of rotatable bonds is 2. The predicted octanol–water partition coefficient (Wildman–Crippen LogP) is 3.23. The van der Waals surface area contributed by atoms with Gasteiger partial charge in [-0.2, -0.15) is 0 Å². The van der Waals surface area contributed by atoms with Crippen LogP contribution in [0.2, 0.25) is 0 Å². The minimum absolute atomic E-state index is 0.000573. The van der Waals surface area contributed by atoms with E-state index >= 15 is 0 Å². The van der Waals surface area contributed by atoms with Crippen LogP contribution in [0.15, 0.2) is 12.3 Å². The first-order valence-electron chi connectivity index (χ1n) is 5.76. The lowest BCUT2D eigenvalue weighted by molar-refractivity contribution is 0.442. The van der Waals surface area contributed by atoms with Crippen LogP contribution < -0.4 is 5.32 Å². The van der Waals surface area contributed by atoms with Gasteiger partial charge in [-0.15, -0.1) is 0 Å². The van der Waals surface area contributed by atoms with E-state index in [0.29, 0.717) is 0 Å². The molecule has 0 fully saturated rings. The molecule has 1 aromatic heterocycles. The maximum atomic E-state index is 4.52. The molecule has 0 amide bonds. The number of aromatic nitrogens is 2. The first-order chi connectivity index (χ1) is 7.18. The van der Waals surface area contributed by atoms with E-state index in [1.165, 1.54) is 0 Å². The Morgan fingerprint density at radius 2 is 1.75 bits per heavy atom. The van der Waals surface area contributed by atoms with E-state index in [2.05, 4.69) is 56.8 Å². The van der Waals surface area contributed by atoms with Gasteiger partial charge in [-0.05, 0) is 11.5 Å². The lowest BCUT2D eigenvalue weighted by Gasteiger charge is -2.21. The fourth-order valence-corrected chi connectivity index (χ4v) is 1.17. The van der Waals surface area contributed by atoms with Gasteiger partial charge in [0.1, 0.15) is 11.6 Å². The summed E-state index contributed by atoms with van der Waals surface area (Å²) in [6.07, 6.45) is 1.82. The quantitative estimate of drug-likeness (QED) is 0.833. The Morgan fingerprint density at radius 1 is 1.12 bits per heavy atom. The maximum Gasteiger partial charge on any atom is 0.135 e. The van der Waals surface area contributed by atoms with Crippen LogP contribution in [0.1, 0.15) is 47.4 Å². The summed E-state index contributed by atoms with van der Waals surface area (Å²) in [5.41, 5.74) is 0.256. The highest BCUT2D eigenvalue weighted by Gasteiger charge is 2.17. The molecular weight excluding hydrogens is 198 g/mol. The number of anilines is 1. The Kier molecular flexibility index (Phi) is 3.56. The average Bonchev–Trinajstić information content (AvgIpc) is 2.13. The summed E-state index contributed by atoms with van der Waals surface area (Å²) in [5.74, 6) is 1.79. The molecule has 0 aliphatic carbocycles. The second kappa shape index (κ2) is 4.40. The second-order valence-electron chi connectivity index (χ2n) is 6.43.